The average molecular weight is 338 g/mol. The van der Waals surface area contributed by atoms with Gasteiger partial charge in [-0.1, -0.05) is 79.3 Å². The fourth-order valence-electron chi connectivity index (χ4n) is 2.25. The maximum absolute atomic E-state index is 6.28. The van der Waals surface area contributed by atoms with E-state index in [9.17, 15) is 0 Å². The molecular weight excluding hydrogens is 302 g/mol. The Hall–Kier alpha value is -2.28. The summed E-state index contributed by atoms with van der Waals surface area (Å²) in [5.74, 6) is 0. The van der Waals surface area contributed by atoms with Gasteiger partial charge in [0.25, 0.3) is 0 Å². The van der Waals surface area contributed by atoms with E-state index in [1.807, 2.05) is 26.0 Å². The zero-order valence-electron chi connectivity index (χ0n) is 16.8. The fraction of sp³-hybridized carbons (Fsp3) is 0.333. The number of hydrogen-bond acceptors (Lipinski definition) is 1. The van der Waals surface area contributed by atoms with Gasteiger partial charge in [-0.25, -0.2) is 0 Å². The lowest BCUT2D eigenvalue weighted by atomic mass is 9.98. The summed E-state index contributed by atoms with van der Waals surface area (Å²) in [7, 11) is 0. The molecule has 0 rings (SSSR count). The molecule has 25 heavy (non-hydrogen) atoms. The third kappa shape index (κ3) is 9.56. The Morgan fingerprint density at radius 2 is 1.68 bits per heavy atom. The molecule has 2 N–H and O–H groups in total. The van der Waals surface area contributed by atoms with Gasteiger partial charge in [-0.2, -0.15) is 0 Å². The molecule has 0 atom stereocenters. The number of rotatable bonds is 10. The number of allylic oxidation sites excluding steroid dienone is 12. The van der Waals surface area contributed by atoms with Crippen molar-refractivity contribution in [3.63, 3.8) is 0 Å². The van der Waals surface area contributed by atoms with Crippen molar-refractivity contribution in [2.24, 2.45) is 5.73 Å². The molecule has 0 heterocycles. The predicted octanol–water partition coefficient (Wildman–Crippen LogP) is 7.10. The zero-order valence-corrected chi connectivity index (χ0v) is 16.8. The van der Waals surface area contributed by atoms with Crippen LogP contribution in [0.2, 0.25) is 0 Å². The average Bonchev–Trinajstić information content (AvgIpc) is 2.57. The summed E-state index contributed by atoms with van der Waals surface area (Å²) in [6.07, 6.45) is 14.9. The van der Waals surface area contributed by atoms with Crippen LogP contribution < -0.4 is 5.73 Å². The highest BCUT2D eigenvalue weighted by Crippen LogP contribution is 2.20. The van der Waals surface area contributed by atoms with E-state index in [-0.39, 0.29) is 0 Å². The van der Waals surface area contributed by atoms with Crippen LogP contribution >= 0.6 is 0 Å². The van der Waals surface area contributed by atoms with Crippen molar-refractivity contribution in [1.82, 2.24) is 0 Å². The minimum atomic E-state index is 0.855. The molecule has 1 heteroatoms. The molecule has 136 valence electrons. The maximum atomic E-state index is 6.28. The Labute approximate surface area is 155 Å². The van der Waals surface area contributed by atoms with Gasteiger partial charge < -0.3 is 5.73 Å². The highest BCUT2D eigenvalue weighted by Gasteiger charge is 2.02. The van der Waals surface area contributed by atoms with Crippen LogP contribution in [0.4, 0.5) is 0 Å². The highest BCUT2D eigenvalue weighted by atomic mass is 14.6. The molecule has 0 amide bonds. The molecule has 1 nitrogen and oxygen atoms in total. The molecule has 0 aliphatic rings. The van der Waals surface area contributed by atoms with Gasteiger partial charge in [0.2, 0.25) is 0 Å². The van der Waals surface area contributed by atoms with Crippen LogP contribution in [0.1, 0.15) is 53.9 Å². The van der Waals surface area contributed by atoms with Gasteiger partial charge in [-0.05, 0) is 64.2 Å². The first-order chi connectivity index (χ1) is 11.7. The molecule has 0 radical (unpaired) electrons. The topological polar surface area (TPSA) is 26.0 Å². The molecule has 0 saturated carbocycles. The Kier molecular flexibility index (Phi) is 11.0. The van der Waals surface area contributed by atoms with Crippen LogP contribution in [0, 0.1) is 0 Å². The lowest BCUT2D eigenvalue weighted by Gasteiger charge is -2.09. The first kappa shape index (κ1) is 22.7. The molecule has 0 aliphatic heterocycles. The maximum Gasteiger partial charge on any atom is 0.0305 e. The highest BCUT2D eigenvalue weighted by molar-refractivity contribution is 5.41. The van der Waals surface area contributed by atoms with E-state index in [0.717, 1.165) is 36.1 Å². The largest absolute Gasteiger partial charge is 0.399 e. The molecule has 0 aromatic rings. The Balaban J connectivity index is 5.34. The number of nitrogens with two attached hydrogens (primary N) is 1. The van der Waals surface area contributed by atoms with Gasteiger partial charge in [0, 0.05) is 5.70 Å². The van der Waals surface area contributed by atoms with E-state index in [4.69, 9.17) is 5.73 Å². The molecule has 0 bridgehead atoms. The second-order valence-corrected chi connectivity index (χ2v) is 6.55. The smallest absolute Gasteiger partial charge is 0.0305 e. The van der Waals surface area contributed by atoms with Crippen molar-refractivity contribution >= 4 is 0 Å². The summed E-state index contributed by atoms with van der Waals surface area (Å²) in [4.78, 5) is 0. The van der Waals surface area contributed by atoms with E-state index in [0.29, 0.717) is 0 Å². The van der Waals surface area contributed by atoms with Gasteiger partial charge >= 0.3 is 0 Å². The number of hydrogen-bond donors (Lipinski definition) is 1. The lowest BCUT2D eigenvalue weighted by Crippen LogP contribution is -1.99. The van der Waals surface area contributed by atoms with Crippen molar-refractivity contribution in [2.75, 3.05) is 0 Å². The van der Waals surface area contributed by atoms with E-state index >= 15 is 0 Å². The van der Waals surface area contributed by atoms with Gasteiger partial charge in [0.05, 0.1) is 0 Å². The summed E-state index contributed by atoms with van der Waals surface area (Å²) in [5, 5.41) is 0. The Morgan fingerprint density at radius 1 is 1.04 bits per heavy atom. The van der Waals surface area contributed by atoms with E-state index in [2.05, 4.69) is 58.7 Å². The van der Waals surface area contributed by atoms with Crippen LogP contribution in [0.25, 0.3) is 0 Å². The summed E-state index contributed by atoms with van der Waals surface area (Å²) >= 11 is 0. The molecule has 0 fully saturated rings. The van der Waals surface area contributed by atoms with Crippen LogP contribution in [-0.2, 0) is 0 Å². The molecule has 0 aromatic heterocycles. The van der Waals surface area contributed by atoms with Crippen LogP contribution in [0.3, 0.4) is 0 Å². The summed E-state index contributed by atoms with van der Waals surface area (Å²) in [6, 6.07) is 0. The van der Waals surface area contributed by atoms with Crippen molar-refractivity contribution in [3.8, 4) is 0 Å². The summed E-state index contributed by atoms with van der Waals surface area (Å²) in [6.45, 7) is 22.0. The van der Waals surface area contributed by atoms with Gasteiger partial charge in [0.15, 0.2) is 0 Å². The molecule has 0 aromatic carbocycles. The van der Waals surface area contributed by atoms with Gasteiger partial charge in [-0.3, -0.25) is 0 Å². The van der Waals surface area contributed by atoms with Gasteiger partial charge in [0.1, 0.15) is 0 Å². The minimum absolute atomic E-state index is 0.855. The van der Waals surface area contributed by atoms with Gasteiger partial charge in [-0.15, -0.1) is 0 Å². The minimum Gasteiger partial charge on any atom is -0.399 e. The van der Waals surface area contributed by atoms with Crippen LogP contribution in [-0.4, -0.2) is 0 Å². The van der Waals surface area contributed by atoms with E-state index < -0.39 is 0 Å². The molecular formula is C24H35N. The molecule has 0 spiro atoms. The second kappa shape index (κ2) is 12.1. The third-order valence-electron chi connectivity index (χ3n) is 4.06. The molecule has 0 saturated heterocycles. The summed E-state index contributed by atoms with van der Waals surface area (Å²) < 4.78 is 0. The van der Waals surface area contributed by atoms with Crippen molar-refractivity contribution in [2.45, 2.75) is 53.9 Å². The van der Waals surface area contributed by atoms with Crippen LogP contribution in [0.5, 0.6) is 0 Å². The molecule has 0 aliphatic carbocycles. The first-order valence-corrected chi connectivity index (χ1v) is 8.84. The normalized spacial score (nSPS) is 14.9. The van der Waals surface area contributed by atoms with Crippen molar-refractivity contribution in [1.29, 1.82) is 0 Å². The predicted molar refractivity (Wildman–Crippen MR) is 115 cm³/mol. The zero-order chi connectivity index (χ0) is 19.4. The quantitative estimate of drug-likeness (QED) is 0.423. The SMILES string of the molecule is C=C/C=C(\C=C(/C)C/C(=C/C(N)=C(/C)C/C=C(/C)C=C)CC)C(=C)C. The Bertz CT molecular complexity index is 646. The van der Waals surface area contributed by atoms with E-state index in [1.54, 1.807) is 6.08 Å². The third-order valence-corrected chi connectivity index (χ3v) is 4.06. The van der Waals surface area contributed by atoms with E-state index in [1.165, 1.54) is 22.3 Å². The fourth-order valence-corrected chi connectivity index (χ4v) is 2.25. The summed E-state index contributed by atoms with van der Waals surface area (Å²) in [5.41, 5.74) is 14.3. The second-order valence-electron chi connectivity index (χ2n) is 6.55. The standard InChI is InChI=1S/C24H35N/c1-9-12-23(18(4)5)16-20(7)15-22(11-3)17-24(25)21(8)14-13-19(6)10-2/h9-10,12-13,16-17H,1-2,4,11,14-15,25H2,3,5-8H3/b19-13-,20-16+,22-17+,23-12+,24-21+. The lowest BCUT2D eigenvalue weighted by molar-refractivity contribution is 0.978. The van der Waals surface area contributed by atoms with Crippen molar-refractivity contribution < 1.29 is 0 Å². The Morgan fingerprint density at radius 3 is 2.16 bits per heavy atom. The molecule has 0 unspecified atom stereocenters. The van der Waals surface area contributed by atoms with Crippen LogP contribution in [0.15, 0.2) is 95.3 Å². The van der Waals surface area contributed by atoms with Crippen molar-refractivity contribution in [3.05, 3.63) is 95.3 Å². The first-order valence-electron chi connectivity index (χ1n) is 8.84. The monoisotopic (exact) mass is 337 g/mol.